The first-order valence-electron chi connectivity index (χ1n) is 8.92. The van der Waals surface area contributed by atoms with Gasteiger partial charge in [0.2, 0.25) is 5.91 Å². The van der Waals surface area contributed by atoms with Gasteiger partial charge in [0.25, 0.3) is 0 Å². The van der Waals surface area contributed by atoms with Gasteiger partial charge >= 0.3 is 0 Å². The highest BCUT2D eigenvalue weighted by atomic mass is 32.2. The van der Waals surface area contributed by atoms with Crippen LogP contribution in [0.5, 0.6) is 0 Å². The number of fused-ring (bicyclic) bond motifs is 1. The molecular formula is C21H22N4OS. The van der Waals surface area contributed by atoms with Crippen LogP contribution in [0.3, 0.4) is 0 Å². The van der Waals surface area contributed by atoms with Gasteiger partial charge in [-0.1, -0.05) is 42.5 Å². The molecule has 1 aliphatic heterocycles. The molecule has 1 amide bonds. The van der Waals surface area contributed by atoms with Crippen LogP contribution in [0.1, 0.15) is 11.6 Å². The summed E-state index contributed by atoms with van der Waals surface area (Å²) in [6.07, 6.45) is 3.70. The van der Waals surface area contributed by atoms with Crippen LogP contribution >= 0.6 is 11.8 Å². The Morgan fingerprint density at radius 2 is 1.93 bits per heavy atom. The molecule has 0 saturated heterocycles. The van der Waals surface area contributed by atoms with Crippen LogP contribution in [0.4, 0.5) is 11.4 Å². The third-order valence-corrected chi connectivity index (χ3v) is 5.93. The second-order valence-corrected chi connectivity index (χ2v) is 7.76. The highest BCUT2D eigenvalue weighted by Gasteiger charge is 2.32. The van der Waals surface area contributed by atoms with Crippen molar-refractivity contribution in [1.82, 2.24) is 9.78 Å². The second kappa shape index (κ2) is 7.48. The van der Waals surface area contributed by atoms with Crippen LogP contribution in [0.25, 0.3) is 0 Å². The van der Waals surface area contributed by atoms with Gasteiger partial charge in [-0.3, -0.25) is 9.48 Å². The summed E-state index contributed by atoms with van der Waals surface area (Å²) in [5.74, 6) is 0.937. The number of amides is 1. The maximum Gasteiger partial charge on any atom is 0.247 e. The van der Waals surface area contributed by atoms with E-state index in [4.69, 9.17) is 0 Å². The molecule has 2 heterocycles. The topological polar surface area (TPSA) is 41.4 Å². The third-order valence-electron chi connectivity index (χ3n) is 4.79. The molecule has 27 heavy (non-hydrogen) atoms. The number of benzene rings is 2. The minimum Gasteiger partial charge on any atom is -0.363 e. The average Bonchev–Trinajstić information content (AvgIpc) is 3.14. The van der Waals surface area contributed by atoms with Crippen molar-refractivity contribution in [3.05, 3.63) is 72.6 Å². The molecule has 0 radical (unpaired) electrons. The number of aryl methyl sites for hydroxylation is 1. The van der Waals surface area contributed by atoms with Crippen molar-refractivity contribution in [3.8, 4) is 0 Å². The van der Waals surface area contributed by atoms with Crippen molar-refractivity contribution >= 4 is 29.0 Å². The first kappa shape index (κ1) is 17.7. The first-order valence-corrected chi connectivity index (χ1v) is 9.90. The van der Waals surface area contributed by atoms with Crippen molar-refractivity contribution in [2.45, 2.75) is 10.9 Å². The number of carbonyl (C=O) groups is 1. The lowest BCUT2D eigenvalue weighted by Gasteiger charge is -2.38. The number of hydrogen-bond donors (Lipinski definition) is 0. The molecule has 0 unspecified atom stereocenters. The predicted molar refractivity (Wildman–Crippen MR) is 110 cm³/mol. The largest absolute Gasteiger partial charge is 0.363 e. The van der Waals surface area contributed by atoms with Crippen LogP contribution in [-0.4, -0.2) is 35.0 Å². The van der Waals surface area contributed by atoms with Gasteiger partial charge in [0, 0.05) is 30.9 Å². The fourth-order valence-corrected chi connectivity index (χ4v) is 4.56. The summed E-state index contributed by atoms with van der Waals surface area (Å²) >= 11 is 1.81. The molecule has 2 aromatic carbocycles. The molecule has 138 valence electrons. The molecule has 1 atom stereocenters. The Morgan fingerprint density at radius 1 is 1.19 bits per heavy atom. The van der Waals surface area contributed by atoms with Gasteiger partial charge in [-0.05, 0) is 17.7 Å². The van der Waals surface area contributed by atoms with E-state index in [0.29, 0.717) is 6.54 Å². The molecule has 4 rings (SSSR count). The van der Waals surface area contributed by atoms with Crippen LogP contribution in [0, 0.1) is 0 Å². The van der Waals surface area contributed by atoms with Crippen LogP contribution in [0.2, 0.25) is 0 Å². The van der Waals surface area contributed by atoms with Crippen molar-refractivity contribution in [3.63, 3.8) is 0 Å². The number of carbonyl (C=O) groups excluding carboxylic acids is 1. The molecule has 0 aliphatic carbocycles. The van der Waals surface area contributed by atoms with E-state index in [0.717, 1.165) is 27.6 Å². The standard InChI is InChI=1S/C21H22N4OS/c1-23(17-12-22-24(2)13-17)14-21(26)25-18-10-6-7-11-20(18)27-15-19(25)16-8-4-3-5-9-16/h3-13,19H,14-15H2,1-2H3/t19-/m0/s1. The number of rotatable bonds is 4. The van der Waals surface area contributed by atoms with Gasteiger partial charge in [0.1, 0.15) is 0 Å². The van der Waals surface area contributed by atoms with Gasteiger partial charge < -0.3 is 9.80 Å². The zero-order valence-electron chi connectivity index (χ0n) is 15.4. The van der Waals surface area contributed by atoms with E-state index in [2.05, 4.69) is 23.3 Å². The number of nitrogens with zero attached hydrogens (tertiary/aromatic N) is 4. The highest BCUT2D eigenvalue weighted by molar-refractivity contribution is 7.99. The Balaban J connectivity index is 1.66. The molecule has 1 aromatic heterocycles. The fourth-order valence-electron chi connectivity index (χ4n) is 3.39. The molecule has 0 fully saturated rings. The van der Waals surface area contributed by atoms with E-state index in [1.54, 1.807) is 10.9 Å². The normalized spacial score (nSPS) is 16.1. The van der Waals surface area contributed by atoms with Crippen molar-refractivity contribution < 1.29 is 4.79 Å². The molecule has 5 nitrogen and oxygen atoms in total. The van der Waals surface area contributed by atoms with Crippen LogP contribution < -0.4 is 9.80 Å². The number of thioether (sulfide) groups is 1. The molecule has 0 bridgehead atoms. The van der Waals surface area contributed by atoms with Crippen molar-refractivity contribution in [1.29, 1.82) is 0 Å². The predicted octanol–water partition coefficient (Wildman–Crippen LogP) is 3.74. The Kier molecular flexibility index (Phi) is 4.90. The number of aromatic nitrogens is 2. The van der Waals surface area contributed by atoms with Crippen molar-refractivity contribution in [2.75, 3.05) is 29.1 Å². The Morgan fingerprint density at radius 3 is 2.67 bits per heavy atom. The Hall–Kier alpha value is -2.73. The fraction of sp³-hybridized carbons (Fsp3) is 0.238. The van der Waals surface area contributed by atoms with Crippen LogP contribution in [-0.2, 0) is 11.8 Å². The zero-order chi connectivity index (χ0) is 18.8. The van der Waals surface area contributed by atoms with E-state index in [1.165, 1.54) is 0 Å². The summed E-state index contributed by atoms with van der Waals surface area (Å²) < 4.78 is 1.75. The molecule has 6 heteroatoms. The van der Waals surface area contributed by atoms with E-state index in [9.17, 15) is 4.79 Å². The van der Waals surface area contributed by atoms with Gasteiger partial charge in [-0.15, -0.1) is 11.8 Å². The lowest BCUT2D eigenvalue weighted by molar-refractivity contribution is -0.117. The van der Waals surface area contributed by atoms with E-state index in [1.807, 2.05) is 78.3 Å². The summed E-state index contributed by atoms with van der Waals surface area (Å²) in [7, 11) is 3.81. The summed E-state index contributed by atoms with van der Waals surface area (Å²) in [5.41, 5.74) is 3.09. The van der Waals surface area contributed by atoms with Gasteiger partial charge in [0.05, 0.1) is 30.2 Å². The highest BCUT2D eigenvalue weighted by Crippen LogP contribution is 2.43. The van der Waals surface area contributed by atoms with Crippen LogP contribution in [0.15, 0.2) is 71.9 Å². The Bertz CT molecular complexity index is 940. The SMILES string of the molecule is CN(CC(=O)N1c2ccccc2SC[C@H]1c1ccccc1)c1cnn(C)c1. The van der Waals surface area contributed by atoms with Gasteiger partial charge in [-0.25, -0.2) is 0 Å². The Labute approximate surface area is 163 Å². The number of likely N-dealkylation sites (N-methyl/N-ethyl adjacent to an activating group) is 1. The summed E-state index contributed by atoms with van der Waals surface area (Å²) in [4.78, 5) is 18.5. The molecule has 0 spiro atoms. The molecular weight excluding hydrogens is 356 g/mol. The monoisotopic (exact) mass is 378 g/mol. The number of anilines is 2. The average molecular weight is 379 g/mol. The maximum absolute atomic E-state index is 13.4. The molecule has 1 aliphatic rings. The lowest BCUT2D eigenvalue weighted by Crippen LogP contribution is -2.43. The molecule has 3 aromatic rings. The quantitative estimate of drug-likeness (QED) is 0.694. The smallest absolute Gasteiger partial charge is 0.247 e. The zero-order valence-corrected chi connectivity index (χ0v) is 16.3. The first-order chi connectivity index (χ1) is 13.1. The van der Waals surface area contributed by atoms with E-state index < -0.39 is 0 Å². The third kappa shape index (κ3) is 3.57. The van der Waals surface area contributed by atoms with E-state index in [-0.39, 0.29) is 11.9 Å². The second-order valence-electron chi connectivity index (χ2n) is 6.70. The number of hydrogen-bond acceptors (Lipinski definition) is 4. The summed E-state index contributed by atoms with van der Waals surface area (Å²) in [6.45, 7) is 0.300. The van der Waals surface area contributed by atoms with Gasteiger partial charge in [0.15, 0.2) is 0 Å². The molecule has 0 N–H and O–H groups in total. The lowest BCUT2D eigenvalue weighted by atomic mass is 10.1. The summed E-state index contributed by atoms with van der Waals surface area (Å²) in [6, 6.07) is 18.5. The van der Waals surface area contributed by atoms with E-state index >= 15 is 0 Å². The minimum atomic E-state index is 0.0286. The minimum absolute atomic E-state index is 0.0286. The number of para-hydroxylation sites is 1. The molecule has 0 saturated carbocycles. The van der Waals surface area contributed by atoms with Crippen molar-refractivity contribution in [2.24, 2.45) is 7.05 Å². The van der Waals surface area contributed by atoms with Gasteiger partial charge in [-0.2, -0.15) is 5.10 Å². The maximum atomic E-state index is 13.4. The summed E-state index contributed by atoms with van der Waals surface area (Å²) in [5, 5.41) is 4.20.